The fraction of sp³-hybridized carbons (Fsp3) is 0.500. The van der Waals surface area contributed by atoms with Crippen LogP contribution in [0.1, 0.15) is 33.4 Å². The summed E-state index contributed by atoms with van der Waals surface area (Å²) in [4.78, 5) is 13.1. The topological polar surface area (TPSA) is 56.6 Å². The minimum absolute atomic E-state index is 0.0840. The normalized spacial score (nSPS) is 18.7. The molecular weight excluding hydrogens is 318 g/mol. The van der Waals surface area contributed by atoms with Gasteiger partial charge in [-0.05, 0) is 0 Å². The smallest absolute Gasteiger partial charge is 0.304 e. The summed E-state index contributed by atoms with van der Waals surface area (Å²) in [5.74, 6) is 0.537. The van der Waals surface area contributed by atoms with Gasteiger partial charge in [-0.1, -0.05) is 39.0 Å². The van der Waals surface area contributed by atoms with Crippen LogP contribution in [0.4, 0.5) is 5.82 Å². The highest BCUT2D eigenvalue weighted by Gasteiger charge is 2.40. The molecule has 1 aliphatic rings. The second kappa shape index (κ2) is 5.92. The van der Waals surface area contributed by atoms with Crippen LogP contribution in [-0.4, -0.2) is 29.1 Å². The fourth-order valence-electron chi connectivity index (χ4n) is 2.62. The van der Waals surface area contributed by atoms with Crippen molar-refractivity contribution in [1.29, 1.82) is 0 Å². The lowest BCUT2D eigenvalue weighted by Gasteiger charge is -2.24. The molecule has 0 aliphatic carbocycles. The van der Waals surface area contributed by atoms with Crippen molar-refractivity contribution < 1.29 is 14.3 Å². The minimum Gasteiger partial charge on any atom is -0.493 e. The van der Waals surface area contributed by atoms with Gasteiger partial charge in [0.2, 0.25) is 6.23 Å². The number of rotatable bonds is 3. The maximum absolute atomic E-state index is 11.4. The Morgan fingerprint density at radius 2 is 2.04 bits per heavy atom. The Morgan fingerprint density at radius 3 is 2.48 bits per heavy atom. The van der Waals surface area contributed by atoms with E-state index in [0.29, 0.717) is 17.3 Å². The third-order valence-electron chi connectivity index (χ3n) is 3.59. The summed E-state index contributed by atoms with van der Waals surface area (Å²) < 4.78 is 12.4. The zero-order valence-electron chi connectivity index (χ0n) is 14.3. The van der Waals surface area contributed by atoms with E-state index in [1.165, 1.54) is 14.0 Å². The lowest BCUT2D eigenvalue weighted by atomic mass is 9.92. The van der Waals surface area contributed by atoms with E-state index in [1.807, 2.05) is 13.1 Å². The maximum Gasteiger partial charge on any atom is 0.304 e. The van der Waals surface area contributed by atoms with Gasteiger partial charge in [0, 0.05) is 31.1 Å². The van der Waals surface area contributed by atoms with E-state index in [1.54, 1.807) is 9.58 Å². The lowest BCUT2D eigenvalue weighted by molar-refractivity contribution is -0.143. The van der Waals surface area contributed by atoms with Crippen molar-refractivity contribution in [3.05, 3.63) is 34.8 Å². The molecule has 0 saturated carbocycles. The Hall–Kier alpha value is -1.95. The van der Waals surface area contributed by atoms with Crippen LogP contribution in [0.25, 0.3) is 0 Å². The zero-order chi connectivity index (χ0) is 17.5. The molecule has 1 aliphatic heterocycles. The zero-order valence-corrected chi connectivity index (χ0v) is 15.1. The summed E-state index contributed by atoms with van der Waals surface area (Å²) in [6.45, 7) is 11.6. The van der Waals surface area contributed by atoms with E-state index >= 15 is 0 Å². The van der Waals surface area contributed by atoms with Crippen LogP contribution in [0, 0.1) is 0 Å². The molecule has 1 atom stereocenters. The van der Waals surface area contributed by atoms with E-state index < -0.39 is 12.2 Å². The predicted molar refractivity (Wildman–Crippen MR) is 89.0 cm³/mol. The number of halogens is 1. The van der Waals surface area contributed by atoms with Crippen LogP contribution in [0.15, 0.2) is 29.1 Å². The SMILES string of the molecule is C=C1C(OC)=C(Cl)C(OC(C)=O)N1c1cc(C(C)(C)C)n(C)n1. The van der Waals surface area contributed by atoms with Gasteiger partial charge in [-0.15, -0.1) is 0 Å². The Morgan fingerprint density at radius 1 is 1.43 bits per heavy atom. The van der Waals surface area contributed by atoms with Crippen LogP contribution >= 0.6 is 11.6 Å². The number of methoxy groups -OCH3 is 1. The van der Waals surface area contributed by atoms with Gasteiger partial charge in [-0.25, -0.2) is 0 Å². The number of anilines is 1. The second-order valence-corrected chi connectivity index (χ2v) is 6.83. The molecule has 2 heterocycles. The number of ether oxygens (including phenoxy) is 2. The lowest BCUT2D eigenvalue weighted by Crippen LogP contribution is -2.34. The molecular formula is C16H22ClN3O3. The van der Waals surface area contributed by atoms with Gasteiger partial charge in [0.1, 0.15) is 5.03 Å². The first-order valence-electron chi connectivity index (χ1n) is 7.21. The second-order valence-electron chi connectivity index (χ2n) is 6.42. The molecule has 0 amide bonds. The van der Waals surface area contributed by atoms with E-state index in [2.05, 4.69) is 32.4 Å². The summed E-state index contributed by atoms with van der Waals surface area (Å²) >= 11 is 6.30. The third kappa shape index (κ3) is 3.08. The van der Waals surface area contributed by atoms with Gasteiger partial charge in [0.05, 0.1) is 12.8 Å². The highest BCUT2D eigenvalue weighted by molar-refractivity contribution is 6.31. The van der Waals surface area contributed by atoms with Gasteiger partial charge in [0.15, 0.2) is 11.6 Å². The molecule has 0 spiro atoms. The molecule has 1 aromatic heterocycles. The monoisotopic (exact) mass is 339 g/mol. The summed E-state index contributed by atoms with van der Waals surface area (Å²) in [6, 6.07) is 1.93. The van der Waals surface area contributed by atoms with Crippen LogP contribution in [-0.2, 0) is 26.7 Å². The maximum atomic E-state index is 11.4. The van der Waals surface area contributed by atoms with E-state index in [0.717, 1.165) is 5.69 Å². The Labute approximate surface area is 141 Å². The number of aryl methyl sites for hydroxylation is 1. The molecule has 1 unspecified atom stereocenters. The van der Waals surface area contributed by atoms with Crippen LogP contribution < -0.4 is 4.90 Å². The van der Waals surface area contributed by atoms with Crippen molar-refractivity contribution in [1.82, 2.24) is 9.78 Å². The minimum atomic E-state index is -0.820. The van der Waals surface area contributed by atoms with Gasteiger partial charge in [-0.2, -0.15) is 5.10 Å². The largest absolute Gasteiger partial charge is 0.493 e. The van der Waals surface area contributed by atoms with Gasteiger partial charge in [-0.3, -0.25) is 14.4 Å². The number of carbonyl (C=O) groups excluding carboxylic acids is 1. The molecule has 0 saturated heterocycles. The molecule has 0 radical (unpaired) electrons. The van der Waals surface area contributed by atoms with Crippen molar-refractivity contribution in [2.45, 2.75) is 39.3 Å². The quantitative estimate of drug-likeness (QED) is 0.792. The number of hydrogen-bond acceptors (Lipinski definition) is 5. The van der Waals surface area contributed by atoms with Gasteiger partial charge in [0.25, 0.3) is 0 Å². The van der Waals surface area contributed by atoms with Crippen molar-refractivity contribution >= 4 is 23.4 Å². The number of aromatic nitrogens is 2. The van der Waals surface area contributed by atoms with Crippen LogP contribution in [0.3, 0.4) is 0 Å². The van der Waals surface area contributed by atoms with Crippen molar-refractivity contribution in [3.63, 3.8) is 0 Å². The number of carbonyl (C=O) groups is 1. The first-order valence-corrected chi connectivity index (χ1v) is 7.59. The summed E-state index contributed by atoms with van der Waals surface area (Å²) in [7, 11) is 3.37. The van der Waals surface area contributed by atoms with E-state index in [9.17, 15) is 4.79 Å². The van der Waals surface area contributed by atoms with Crippen LogP contribution in [0.2, 0.25) is 0 Å². The molecule has 0 bridgehead atoms. The summed E-state index contributed by atoms with van der Waals surface area (Å²) in [6.07, 6.45) is -0.820. The first-order chi connectivity index (χ1) is 10.6. The first kappa shape index (κ1) is 17.4. The molecule has 0 N–H and O–H groups in total. The van der Waals surface area contributed by atoms with Crippen molar-refractivity contribution in [2.75, 3.05) is 12.0 Å². The molecule has 126 valence electrons. The Balaban J connectivity index is 2.49. The fourth-order valence-corrected chi connectivity index (χ4v) is 2.95. The van der Waals surface area contributed by atoms with Gasteiger partial charge >= 0.3 is 5.97 Å². The van der Waals surface area contributed by atoms with E-state index in [4.69, 9.17) is 21.1 Å². The number of esters is 1. The van der Waals surface area contributed by atoms with Gasteiger partial charge < -0.3 is 9.47 Å². The van der Waals surface area contributed by atoms with Crippen molar-refractivity contribution in [3.8, 4) is 0 Å². The Bertz CT molecular complexity index is 685. The number of hydrogen-bond donors (Lipinski definition) is 0. The van der Waals surface area contributed by atoms with Crippen molar-refractivity contribution in [2.24, 2.45) is 7.05 Å². The molecule has 7 heteroatoms. The molecule has 2 rings (SSSR count). The average molecular weight is 340 g/mol. The molecule has 0 fully saturated rings. The predicted octanol–water partition coefficient (Wildman–Crippen LogP) is 3.04. The van der Waals surface area contributed by atoms with E-state index in [-0.39, 0.29) is 10.4 Å². The van der Waals surface area contributed by atoms with Crippen LogP contribution in [0.5, 0.6) is 0 Å². The third-order valence-corrected chi connectivity index (χ3v) is 3.94. The average Bonchev–Trinajstić information content (AvgIpc) is 2.88. The number of nitrogens with zero attached hydrogens (tertiary/aromatic N) is 3. The molecule has 6 nitrogen and oxygen atoms in total. The highest BCUT2D eigenvalue weighted by Crippen LogP contribution is 2.40. The summed E-state index contributed by atoms with van der Waals surface area (Å²) in [5, 5.41) is 4.79. The molecule has 1 aromatic rings. The standard InChI is InChI=1S/C16H22ClN3O3/c1-9-14(22-7)13(17)15(23-10(2)21)20(9)12-8-11(16(3,4)5)19(6)18-12/h8,15H,1H2,2-7H3. The highest BCUT2D eigenvalue weighted by atomic mass is 35.5. The molecule has 23 heavy (non-hydrogen) atoms. The summed E-state index contributed by atoms with van der Waals surface area (Å²) in [5.41, 5.74) is 1.45. The Kier molecular flexibility index (Phi) is 4.48. The molecule has 0 aromatic carbocycles.